The maximum atomic E-state index is 10.7. The van der Waals surface area contributed by atoms with Gasteiger partial charge in [-0.25, -0.2) is 5.01 Å². The predicted molar refractivity (Wildman–Crippen MR) is 40.0 cm³/mol. The van der Waals surface area contributed by atoms with E-state index in [1.54, 1.807) is 0 Å². The van der Waals surface area contributed by atoms with Crippen LogP contribution in [0.15, 0.2) is 0 Å². The molecule has 0 spiro atoms. The number of carbonyl (C=O) groups is 2. The molecular weight excluding hydrogens is 164 g/mol. The summed E-state index contributed by atoms with van der Waals surface area (Å²) in [4.78, 5) is 21.1. The van der Waals surface area contributed by atoms with Crippen LogP contribution < -0.4 is 5.84 Å². The van der Waals surface area contributed by atoms with E-state index in [1.807, 2.05) is 0 Å². The highest BCUT2D eigenvalue weighted by Crippen LogP contribution is 1.99. The van der Waals surface area contributed by atoms with E-state index in [2.05, 4.69) is 4.74 Å². The molecule has 0 aliphatic heterocycles. The van der Waals surface area contributed by atoms with Gasteiger partial charge in [0.25, 0.3) is 0 Å². The van der Waals surface area contributed by atoms with Gasteiger partial charge in [-0.05, 0) is 0 Å². The molecule has 0 amide bonds. The Morgan fingerprint density at radius 3 is 2.42 bits per heavy atom. The van der Waals surface area contributed by atoms with Crippen LogP contribution in [0.2, 0.25) is 0 Å². The zero-order valence-corrected chi connectivity index (χ0v) is 6.98. The third-order valence-electron chi connectivity index (χ3n) is 1.36. The number of ether oxygens (including phenoxy) is 1. The van der Waals surface area contributed by atoms with Crippen LogP contribution >= 0.6 is 0 Å². The maximum Gasteiger partial charge on any atom is 0.322 e. The number of esters is 1. The van der Waals surface area contributed by atoms with Crippen LogP contribution in [-0.4, -0.2) is 42.3 Å². The lowest BCUT2D eigenvalue weighted by Gasteiger charge is -2.17. The first kappa shape index (κ1) is 10.9. The molecule has 0 bridgehead atoms. The van der Waals surface area contributed by atoms with E-state index in [9.17, 15) is 9.59 Å². The van der Waals surface area contributed by atoms with Gasteiger partial charge in [-0.15, -0.1) is 0 Å². The van der Waals surface area contributed by atoms with Crippen molar-refractivity contribution in [3.63, 3.8) is 0 Å². The summed E-state index contributed by atoms with van der Waals surface area (Å²) in [5.74, 6) is 3.44. The topological polar surface area (TPSA) is 92.9 Å². The van der Waals surface area contributed by atoms with Crippen molar-refractivity contribution < 1.29 is 19.4 Å². The second-order valence-corrected chi connectivity index (χ2v) is 2.30. The summed E-state index contributed by atoms with van der Waals surface area (Å²) in [6.45, 7) is 0. The van der Waals surface area contributed by atoms with Crippen molar-refractivity contribution in [3.8, 4) is 0 Å². The van der Waals surface area contributed by atoms with Crippen molar-refractivity contribution in [2.45, 2.75) is 12.5 Å². The Morgan fingerprint density at radius 1 is 1.67 bits per heavy atom. The van der Waals surface area contributed by atoms with Crippen molar-refractivity contribution in [2.75, 3.05) is 14.2 Å². The molecule has 6 nitrogen and oxygen atoms in total. The number of likely N-dealkylation sites (N-methyl/N-ethyl adjacent to an activating group) is 1. The zero-order valence-electron chi connectivity index (χ0n) is 6.98. The Kier molecular flexibility index (Phi) is 4.24. The van der Waals surface area contributed by atoms with Crippen LogP contribution in [0.3, 0.4) is 0 Å². The number of hydrazine groups is 1. The average molecular weight is 176 g/mol. The number of carbonyl (C=O) groups excluding carboxylic acids is 1. The second-order valence-electron chi connectivity index (χ2n) is 2.30. The first-order valence-corrected chi connectivity index (χ1v) is 3.26. The van der Waals surface area contributed by atoms with Crippen LogP contribution in [-0.2, 0) is 14.3 Å². The first-order chi connectivity index (χ1) is 5.49. The van der Waals surface area contributed by atoms with E-state index in [-0.39, 0.29) is 6.42 Å². The fourth-order valence-electron chi connectivity index (χ4n) is 0.647. The van der Waals surface area contributed by atoms with E-state index in [0.29, 0.717) is 0 Å². The second kappa shape index (κ2) is 4.68. The fourth-order valence-corrected chi connectivity index (χ4v) is 0.647. The standard InChI is InChI=1S/C6H12N2O4/c1-8(7)4(6(10)11)3-5(9)12-2/h4H,3,7H2,1-2H3,(H,10,11). The van der Waals surface area contributed by atoms with E-state index < -0.39 is 18.0 Å². The van der Waals surface area contributed by atoms with Crippen LogP contribution in [0, 0.1) is 0 Å². The molecule has 0 aromatic carbocycles. The van der Waals surface area contributed by atoms with Crippen LogP contribution in [0.5, 0.6) is 0 Å². The fraction of sp³-hybridized carbons (Fsp3) is 0.667. The van der Waals surface area contributed by atoms with Crippen molar-refractivity contribution >= 4 is 11.9 Å². The van der Waals surface area contributed by atoms with Gasteiger partial charge in [0.15, 0.2) is 0 Å². The van der Waals surface area contributed by atoms with Gasteiger partial charge in [0.2, 0.25) is 0 Å². The van der Waals surface area contributed by atoms with Crippen molar-refractivity contribution in [2.24, 2.45) is 5.84 Å². The smallest absolute Gasteiger partial charge is 0.322 e. The van der Waals surface area contributed by atoms with Crippen molar-refractivity contribution in [1.29, 1.82) is 0 Å². The third kappa shape index (κ3) is 3.31. The quantitative estimate of drug-likeness (QED) is 0.318. The van der Waals surface area contributed by atoms with Gasteiger partial charge in [-0.3, -0.25) is 15.4 Å². The number of carboxylic acid groups (broad SMARTS) is 1. The molecule has 0 saturated heterocycles. The number of aliphatic carboxylic acids is 1. The Morgan fingerprint density at radius 2 is 2.17 bits per heavy atom. The molecule has 3 N–H and O–H groups in total. The average Bonchev–Trinajstić information content (AvgIpc) is 1.98. The molecule has 0 saturated carbocycles. The Balaban J connectivity index is 4.14. The highest BCUT2D eigenvalue weighted by atomic mass is 16.5. The Hall–Kier alpha value is -1.14. The van der Waals surface area contributed by atoms with Gasteiger partial charge in [0.1, 0.15) is 6.04 Å². The number of nitrogens with two attached hydrogens (primary N) is 1. The third-order valence-corrected chi connectivity index (χ3v) is 1.36. The molecule has 1 atom stereocenters. The Bertz CT molecular complexity index is 180. The van der Waals surface area contributed by atoms with E-state index in [4.69, 9.17) is 10.9 Å². The van der Waals surface area contributed by atoms with Crippen LogP contribution in [0.1, 0.15) is 6.42 Å². The SMILES string of the molecule is COC(=O)CC(C(=O)O)N(C)N. The number of nitrogens with zero attached hydrogens (tertiary/aromatic N) is 1. The summed E-state index contributed by atoms with van der Waals surface area (Å²) in [6, 6.07) is -1.03. The summed E-state index contributed by atoms with van der Waals surface area (Å²) in [7, 11) is 2.57. The van der Waals surface area contributed by atoms with E-state index in [0.717, 1.165) is 5.01 Å². The molecule has 0 radical (unpaired) electrons. The molecule has 12 heavy (non-hydrogen) atoms. The predicted octanol–water partition coefficient (Wildman–Crippen LogP) is -1.19. The lowest BCUT2D eigenvalue weighted by atomic mass is 10.2. The number of hydrogen-bond acceptors (Lipinski definition) is 5. The molecule has 0 aliphatic rings. The molecule has 70 valence electrons. The highest BCUT2D eigenvalue weighted by molar-refractivity contribution is 5.81. The summed E-state index contributed by atoms with van der Waals surface area (Å²) in [5, 5.41) is 9.52. The molecule has 0 aromatic heterocycles. The van der Waals surface area contributed by atoms with Crippen LogP contribution in [0.4, 0.5) is 0 Å². The van der Waals surface area contributed by atoms with Gasteiger partial charge in [-0.1, -0.05) is 0 Å². The summed E-state index contributed by atoms with van der Waals surface area (Å²) < 4.78 is 4.30. The lowest BCUT2D eigenvalue weighted by Crippen LogP contribution is -2.44. The van der Waals surface area contributed by atoms with Gasteiger partial charge in [0, 0.05) is 7.05 Å². The van der Waals surface area contributed by atoms with E-state index in [1.165, 1.54) is 14.2 Å². The summed E-state index contributed by atoms with van der Waals surface area (Å²) >= 11 is 0. The summed E-state index contributed by atoms with van der Waals surface area (Å²) in [6.07, 6.45) is -0.251. The highest BCUT2D eigenvalue weighted by Gasteiger charge is 2.23. The molecule has 0 fully saturated rings. The molecule has 1 unspecified atom stereocenters. The summed E-state index contributed by atoms with van der Waals surface area (Å²) in [5.41, 5.74) is 0. The molecule has 0 heterocycles. The van der Waals surface area contributed by atoms with Crippen molar-refractivity contribution in [3.05, 3.63) is 0 Å². The Labute approximate surface area is 69.9 Å². The molecule has 0 rings (SSSR count). The monoisotopic (exact) mass is 176 g/mol. The molecule has 6 heteroatoms. The number of hydrogen-bond donors (Lipinski definition) is 2. The molecule has 0 aliphatic carbocycles. The van der Waals surface area contributed by atoms with Gasteiger partial charge in [0.05, 0.1) is 13.5 Å². The maximum absolute atomic E-state index is 10.7. The van der Waals surface area contributed by atoms with Crippen molar-refractivity contribution in [1.82, 2.24) is 5.01 Å². The minimum atomic E-state index is -1.15. The van der Waals surface area contributed by atoms with Gasteiger partial charge >= 0.3 is 11.9 Å². The number of rotatable bonds is 4. The minimum absolute atomic E-state index is 0.251. The normalized spacial score (nSPS) is 12.7. The van der Waals surface area contributed by atoms with Crippen LogP contribution in [0.25, 0.3) is 0 Å². The number of carboxylic acids is 1. The minimum Gasteiger partial charge on any atom is -0.480 e. The van der Waals surface area contributed by atoms with E-state index >= 15 is 0 Å². The van der Waals surface area contributed by atoms with Gasteiger partial charge < -0.3 is 9.84 Å². The zero-order chi connectivity index (χ0) is 9.72. The first-order valence-electron chi connectivity index (χ1n) is 3.26. The molecule has 0 aromatic rings. The number of methoxy groups -OCH3 is 1. The largest absolute Gasteiger partial charge is 0.480 e. The van der Waals surface area contributed by atoms with Gasteiger partial charge in [-0.2, -0.15) is 0 Å². The lowest BCUT2D eigenvalue weighted by molar-refractivity contribution is -0.150. The molecular formula is C6H12N2O4.